The standard InChI is InChI=1S/C58H86O6/c1-4-7-10-13-16-19-22-25-27-29-31-33-36-39-42-45-48-51-57(60)63-54-55(53-62-56(59)50-47-44-41-38-35-32-24-21-18-15-12-9-6-3)64-58(61)52-49-46-43-40-37-34-30-28-26-23-20-17-14-11-8-5-2/h7-12,15-21,24-28,31-35,37,39,42,55H,4-6,13-14,22-23,29-30,36,38,40-41,43-54H2,1-3H3/b10-7-,11-8-,12-9-,18-15-,19-16-,20-17-,24-21-,27-25-,28-26-,33-31-,35-32-,37-34-,42-39-. The van der Waals surface area contributed by atoms with Crippen LogP contribution in [0, 0.1) is 0 Å². The third-order valence-corrected chi connectivity index (χ3v) is 9.35. The van der Waals surface area contributed by atoms with E-state index in [1.54, 1.807) is 0 Å². The van der Waals surface area contributed by atoms with Crippen molar-refractivity contribution in [3.63, 3.8) is 0 Å². The number of rotatable bonds is 41. The molecule has 0 amide bonds. The summed E-state index contributed by atoms with van der Waals surface area (Å²) in [6.45, 7) is 6.12. The summed E-state index contributed by atoms with van der Waals surface area (Å²) in [5.41, 5.74) is 0. The molecule has 0 saturated carbocycles. The maximum Gasteiger partial charge on any atom is 0.306 e. The van der Waals surface area contributed by atoms with Gasteiger partial charge in [0, 0.05) is 19.3 Å². The zero-order valence-electron chi connectivity index (χ0n) is 40.2. The van der Waals surface area contributed by atoms with Gasteiger partial charge in [-0.1, -0.05) is 192 Å². The molecule has 0 spiro atoms. The largest absolute Gasteiger partial charge is 0.462 e. The molecule has 64 heavy (non-hydrogen) atoms. The maximum atomic E-state index is 12.8. The van der Waals surface area contributed by atoms with Crippen molar-refractivity contribution >= 4 is 17.9 Å². The number of carbonyl (C=O) groups is 3. The van der Waals surface area contributed by atoms with Gasteiger partial charge in [-0.3, -0.25) is 14.4 Å². The van der Waals surface area contributed by atoms with E-state index in [0.717, 1.165) is 109 Å². The molecular weight excluding hydrogens is 793 g/mol. The fraction of sp³-hybridized carbons (Fsp3) is 0.500. The number of esters is 3. The average molecular weight is 879 g/mol. The smallest absolute Gasteiger partial charge is 0.306 e. The Morgan fingerprint density at radius 3 is 1.09 bits per heavy atom. The monoisotopic (exact) mass is 879 g/mol. The lowest BCUT2D eigenvalue weighted by atomic mass is 10.1. The van der Waals surface area contributed by atoms with E-state index in [-0.39, 0.29) is 50.4 Å². The number of allylic oxidation sites excluding steroid dienone is 26. The summed E-state index contributed by atoms with van der Waals surface area (Å²) < 4.78 is 16.7. The Morgan fingerprint density at radius 1 is 0.328 bits per heavy atom. The summed E-state index contributed by atoms with van der Waals surface area (Å²) in [7, 11) is 0. The lowest BCUT2D eigenvalue weighted by molar-refractivity contribution is -0.167. The van der Waals surface area contributed by atoms with Gasteiger partial charge in [0.15, 0.2) is 6.10 Å². The van der Waals surface area contributed by atoms with Crippen LogP contribution in [0.3, 0.4) is 0 Å². The van der Waals surface area contributed by atoms with Crippen LogP contribution in [0.2, 0.25) is 0 Å². The lowest BCUT2D eigenvalue weighted by Crippen LogP contribution is -2.30. The summed E-state index contributed by atoms with van der Waals surface area (Å²) in [6.07, 6.45) is 73.7. The van der Waals surface area contributed by atoms with Gasteiger partial charge in [0.1, 0.15) is 13.2 Å². The van der Waals surface area contributed by atoms with Gasteiger partial charge in [-0.05, 0) is 116 Å². The number of carbonyl (C=O) groups excluding carboxylic acids is 3. The summed E-state index contributed by atoms with van der Waals surface area (Å²) in [5, 5.41) is 0. The van der Waals surface area contributed by atoms with Crippen LogP contribution in [-0.4, -0.2) is 37.2 Å². The maximum absolute atomic E-state index is 12.8. The molecule has 0 aliphatic rings. The van der Waals surface area contributed by atoms with E-state index >= 15 is 0 Å². The van der Waals surface area contributed by atoms with E-state index in [4.69, 9.17) is 14.2 Å². The Hall–Kier alpha value is -4.97. The first-order valence-corrected chi connectivity index (χ1v) is 24.5. The number of ether oxygens (including phenoxy) is 3. The van der Waals surface area contributed by atoms with Crippen LogP contribution in [0.4, 0.5) is 0 Å². The van der Waals surface area contributed by atoms with Crippen LogP contribution in [0.5, 0.6) is 0 Å². The Morgan fingerprint density at radius 2 is 0.656 bits per heavy atom. The molecule has 0 rings (SSSR count). The van der Waals surface area contributed by atoms with Gasteiger partial charge < -0.3 is 14.2 Å². The van der Waals surface area contributed by atoms with Crippen molar-refractivity contribution < 1.29 is 28.6 Å². The lowest BCUT2D eigenvalue weighted by Gasteiger charge is -2.18. The predicted molar refractivity (Wildman–Crippen MR) is 274 cm³/mol. The second-order valence-electron chi connectivity index (χ2n) is 15.3. The number of hydrogen-bond donors (Lipinski definition) is 0. The molecule has 0 saturated heterocycles. The molecule has 0 aromatic heterocycles. The predicted octanol–water partition coefficient (Wildman–Crippen LogP) is 16.2. The zero-order valence-corrected chi connectivity index (χ0v) is 40.2. The molecule has 1 atom stereocenters. The van der Waals surface area contributed by atoms with E-state index < -0.39 is 6.10 Å². The minimum absolute atomic E-state index is 0.137. The van der Waals surface area contributed by atoms with Crippen molar-refractivity contribution in [2.24, 2.45) is 0 Å². The van der Waals surface area contributed by atoms with E-state index in [2.05, 4.69) is 142 Å². The number of hydrogen-bond acceptors (Lipinski definition) is 6. The van der Waals surface area contributed by atoms with Gasteiger partial charge in [-0.15, -0.1) is 0 Å². The van der Waals surface area contributed by atoms with Crippen molar-refractivity contribution in [2.75, 3.05) is 13.2 Å². The molecule has 0 aromatic rings. The Bertz CT molecular complexity index is 1520. The second kappa shape index (κ2) is 50.7. The van der Waals surface area contributed by atoms with E-state index in [0.29, 0.717) is 19.3 Å². The van der Waals surface area contributed by atoms with Crippen LogP contribution in [0.25, 0.3) is 0 Å². The molecular formula is C58H86O6. The van der Waals surface area contributed by atoms with Gasteiger partial charge in [0.05, 0.1) is 0 Å². The minimum Gasteiger partial charge on any atom is -0.462 e. The Balaban J connectivity index is 4.64. The zero-order chi connectivity index (χ0) is 46.5. The molecule has 1 unspecified atom stereocenters. The van der Waals surface area contributed by atoms with Crippen LogP contribution in [0.1, 0.15) is 168 Å². The normalized spacial score (nSPS) is 13.5. The molecule has 0 aliphatic carbocycles. The third-order valence-electron chi connectivity index (χ3n) is 9.35. The van der Waals surface area contributed by atoms with E-state index in [1.807, 2.05) is 36.5 Å². The van der Waals surface area contributed by atoms with Crippen molar-refractivity contribution in [1.82, 2.24) is 0 Å². The molecule has 0 radical (unpaired) electrons. The molecule has 0 bridgehead atoms. The number of unbranched alkanes of at least 4 members (excludes halogenated alkanes) is 7. The molecule has 0 aromatic carbocycles. The SMILES string of the molecule is CC\C=C/C=C\C=C/C=C\CCCCCC(=O)OCC(COC(=O)CCC/C=C\C/C=C\C/C=C\C/C=C\C/C=C\CC)OC(=O)CCCCC/C=C\C/C=C\C/C=C\C/C=C\CC. The Kier molecular flexibility index (Phi) is 46.7. The highest BCUT2D eigenvalue weighted by Crippen LogP contribution is 2.10. The van der Waals surface area contributed by atoms with Crippen LogP contribution >= 0.6 is 0 Å². The quantitative estimate of drug-likeness (QED) is 0.0200. The van der Waals surface area contributed by atoms with Gasteiger partial charge >= 0.3 is 17.9 Å². The Labute approximate surface area is 390 Å². The first kappa shape index (κ1) is 59.0. The molecule has 6 nitrogen and oxygen atoms in total. The highest BCUT2D eigenvalue weighted by Gasteiger charge is 2.19. The molecule has 354 valence electrons. The highest BCUT2D eigenvalue weighted by atomic mass is 16.6. The van der Waals surface area contributed by atoms with Crippen LogP contribution < -0.4 is 0 Å². The van der Waals surface area contributed by atoms with Crippen molar-refractivity contribution in [1.29, 1.82) is 0 Å². The van der Waals surface area contributed by atoms with Gasteiger partial charge in [0.25, 0.3) is 0 Å². The van der Waals surface area contributed by atoms with Crippen LogP contribution in [0.15, 0.2) is 158 Å². The van der Waals surface area contributed by atoms with Crippen molar-refractivity contribution in [3.05, 3.63) is 158 Å². The molecule has 0 aliphatic heterocycles. The average Bonchev–Trinajstić information content (AvgIpc) is 3.29. The third kappa shape index (κ3) is 48.1. The van der Waals surface area contributed by atoms with Gasteiger partial charge in [-0.2, -0.15) is 0 Å². The molecule has 6 heteroatoms. The van der Waals surface area contributed by atoms with E-state index in [9.17, 15) is 14.4 Å². The summed E-state index contributed by atoms with van der Waals surface area (Å²) in [5.74, 6) is -1.08. The van der Waals surface area contributed by atoms with E-state index in [1.165, 1.54) is 0 Å². The first-order chi connectivity index (χ1) is 31.5. The van der Waals surface area contributed by atoms with Crippen LogP contribution in [-0.2, 0) is 28.6 Å². The summed E-state index contributed by atoms with van der Waals surface area (Å²) in [4.78, 5) is 37.9. The molecule has 0 fully saturated rings. The minimum atomic E-state index is -0.841. The van der Waals surface area contributed by atoms with Gasteiger partial charge in [0.2, 0.25) is 0 Å². The van der Waals surface area contributed by atoms with Crippen molar-refractivity contribution in [2.45, 2.75) is 175 Å². The second-order valence-corrected chi connectivity index (χ2v) is 15.3. The first-order valence-electron chi connectivity index (χ1n) is 24.5. The molecule has 0 N–H and O–H groups in total. The van der Waals surface area contributed by atoms with Crippen molar-refractivity contribution in [3.8, 4) is 0 Å². The topological polar surface area (TPSA) is 78.9 Å². The fourth-order valence-corrected chi connectivity index (χ4v) is 5.77. The molecule has 0 heterocycles. The summed E-state index contributed by atoms with van der Waals surface area (Å²) in [6, 6.07) is 0. The summed E-state index contributed by atoms with van der Waals surface area (Å²) >= 11 is 0. The highest BCUT2D eigenvalue weighted by molar-refractivity contribution is 5.71. The van der Waals surface area contributed by atoms with Gasteiger partial charge in [-0.25, -0.2) is 0 Å². The fourth-order valence-electron chi connectivity index (χ4n) is 5.77.